The van der Waals surface area contributed by atoms with Gasteiger partial charge in [0.2, 0.25) is 0 Å². The fourth-order valence-electron chi connectivity index (χ4n) is 0.264. The van der Waals surface area contributed by atoms with Crippen LogP contribution in [0.15, 0.2) is 12.3 Å². The zero-order chi connectivity index (χ0) is 5.70. The van der Waals surface area contributed by atoms with Gasteiger partial charge in [0.05, 0.1) is 14.6 Å². The summed E-state index contributed by atoms with van der Waals surface area (Å²) in [6.45, 7) is 3.59. The van der Waals surface area contributed by atoms with Crippen molar-refractivity contribution in [1.82, 2.24) is 5.32 Å². The molecular weight excluding hydrogens is 126 g/mol. The molecule has 7 heavy (non-hydrogen) atoms. The van der Waals surface area contributed by atoms with Crippen LogP contribution in [-0.2, 0) is 0 Å². The summed E-state index contributed by atoms with van der Waals surface area (Å²) in [7, 11) is 1.62. The third kappa shape index (κ3) is 4.05. The predicted octanol–water partition coefficient (Wildman–Crippen LogP) is 0.0405. The van der Waals surface area contributed by atoms with Gasteiger partial charge in [0.1, 0.15) is 0 Å². The first kappa shape index (κ1) is 7.21. The lowest BCUT2D eigenvalue weighted by atomic mass is 11.2. The number of halogens is 1. The molecule has 1 nitrogen and oxygen atoms in total. The van der Waals surface area contributed by atoms with E-state index in [0.717, 1.165) is 0 Å². The Labute approximate surface area is 51.6 Å². The smallest absolute Gasteiger partial charge is 0.0828 e. The molecule has 0 amide bonds. The molecule has 0 bridgehead atoms. The number of hydrogen-bond acceptors (Lipinski definition) is 1. The Morgan fingerprint density at radius 2 is 2.57 bits per heavy atom. The van der Waals surface area contributed by atoms with E-state index < -0.39 is 0 Å². The highest BCUT2D eigenvalue weighted by Crippen LogP contribution is 1.83. The fourth-order valence-corrected chi connectivity index (χ4v) is 1.17. The number of rotatable bonds is 3. The number of nitrogens with one attached hydrogen (secondary N) is 1. The Kier molecular flexibility index (Phi) is 4.50. The van der Waals surface area contributed by atoms with Gasteiger partial charge in [0.25, 0.3) is 0 Å². The third-order valence-electron chi connectivity index (χ3n) is 0.687. The van der Waals surface area contributed by atoms with Crippen LogP contribution in [0.1, 0.15) is 0 Å². The van der Waals surface area contributed by atoms with E-state index in [1.165, 1.54) is 0 Å². The molecule has 0 aliphatic rings. The first-order valence-electron chi connectivity index (χ1n) is 2.23. The van der Waals surface area contributed by atoms with Crippen molar-refractivity contribution in [3.63, 3.8) is 0 Å². The molecule has 1 atom stereocenters. The van der Waals surface area contributed by atoms with Crippen molar-refractivity contribution in [3.8, 4) is 0 Å². The fraction of sp³-hybridized carbons (Fsp3) is 0.500. The normalized spacial score (nSPS) is 15.1. The van der Waals surface area contributed by atoms with Crippen molar-refractivity contribution in [2.24, 2.45) is 0 Å². The lowest BCUT2D eigenvalue weighted by Gasteiger charge is -1.99. The Bertz CT molecular complexity index is 57.7. The van der Waals surface area contributed by atoms with Crippen molar-refractivity contribution in [2.75, 3.05) is 7.05 Å². The van der Waals surface area contributed by atoms with E-state index in [1.54, 1.807) is 0 Å². The van der Waals surface area contributed by atoms with Crippen LogP contribution in [0.4, 0.5) is 0 Å². The van der Waals surface area contributed by atoms with Crippen molar-refractivity contribution < 1.29 is 0 Å². The van der Waals surface area contributed by atoms with Crippen LogP contribution in [0.3, 0.4) is 0 Å². The molecule has 0 heterocycles. The minimum absolute atomic E-state index is 0.192. The topological polar surface area (TPSA) is 12.0 Å². The van der Waals surface area contributed by atoms with Gasteiger partial charge in [0, 0.05) is 0 Å². The molecule has 0 aliphatic carbocycles. The van der Waals surface area contributed by atoms with Gasteiger partial charge in [-0.25, -0.2) is 0 Å². The Hall–Kier alpha value is 0.207. The summed E-state index contributed by atoms with van der Waals surface area (Å²) in [6, 6.07) is 0. The Morgan fingerprint density at radius 3 is 2.71 bits per heavy atom. The highest BCUT2D eigenvalue weighted by atomic mass is 35.5. The quantitative estimate of drug-likeness (QED) is 0.328. The van der Waals surface area contributed by atoms with Crippen LogP contribution < -0.4 is 5.32 Å². The van der Waals surface area contributed by atoms with Gasteiger partial charge in [-0.2, -0.15) is 0 Å². The maximum atomic E-state index is 5.64. The third-order valence-corrected chi connectivity index (χ3v) is 2.60. The molecule has 0 fully saturated rings. The van der Waals surface area contributed by atoms with E-state index in [-0.39, 0.29) is 14.6 Å². The van der Waals surface area contributed by atoms with E-state index in [9.17, 15) is 0 Å². The van der Waals surface area contributed by atoms with Gasteiger partial charge in [0.15, 0.2) is 0 Å². The average Bonchev–Trinajstić information content (AvgIpc) is 1.68. The van der Waals surface area contributed by atoms with Gasteiger partial charge >= 0.3 is 0 Å². The maximum Gasteiger partial charge on any atom is 0.0828 e. The molecule has 0 spiro atoms. The highest BCUT2D eigenvalue weighted by molar-refractivity contribution is 6.56. The number of hydrogen-bond donors (Lipinski definition) is 1. The SMILES string of the molecule is C=C[SiH2]C(Cl)NC. The molecule has 0 aromatic heterocycles. The monoisotopic (exact) mass is 135 g/mol. The van der Waals surface area contributed by atoms with E-state index in [0.29, 0.717) is 0 Å². The molecule has 0 aromatic carbocycles. The molecule has 0 radical (unpaired) electrons. The second-order valence-corrected chi connectivity index (χ2v) is 4.19. The maximum absolute atomic E-state index is 5.64. The first-order chi connectivity index (χ1) is 3.31. The van der Waals surface area contributed by atoms with Crippen molar-refractivity contribution in [2.45, 2.75) is 5.12 Å². The summed E-state index contributed by atoms with van der Waals surface area (Å²) >= 11 is 5.64. The zero-order valence-electron chi connectivity index (χ0n) is 4.45. The molecule has 0 saturated carbocycles. The van der Waals surface area contributed by atoms with Crippen LogP contribution in [0.5, 0.6) is 0 Å². The minimum Gasteiger partial charge on any atom is -0.307 e. The molecule has 1 N–H and O–H groups in total. The van der Waals surface area contributed by atoms with E-state index in [4.69, 9.17) is 11.6 Å². The Morgan fingerprint density at radius 1 is 2.00 bits per heavy atom. The van der Waals surface area contributed by atoms with Crippen LogP contribution in [-0.4, -0.2) is 21.7 Å². The van der Waals surface area contributed by atoms with Crippen molar-refractivity contribution in [3.05, 3.63) is 12.3 Å². The van der Waals surface area contributed by atoms with Gasteiger partial charge in [-0.05, 0) is 7.05 Å². The molecule has 1 unspecified atom stereocenters. The second-order valence-electron chi connectivity index (χ2n) is 1.28. The van der Waals surface area contributed by atoms with Crippen LogP contribution >= 0.6 is 11.6 Å². The van der Waals surface area contributed by atoms with Gasteiger partial charge in [-0.1, -0.05) is 0 Å². The number of alkyl halides is 1. The summed E-state index contributed by atoms with van der Waals surface area (Å²) in [4.78, 5) is 0. The Balaban J connectivity index is 2.98. The molecule has 42 valence electrons. The predicted molar refractivity (Wildman–Crippen MR) is 37.4 cm³/mol. The summed E-state index contributed by atoms with van der Waals surface area (Å²) in [5.74, 6) is 0. The lowest BCUT2D eigenvalue weighted by molar-refractivity contribution is 0.912. The van der Waals surface area contributed by atoms with E-state index >= 15 is 0 Å². The lowest BCUT2D eigenvalue weighted by Crippen LogP contribution is -2.23. The molecule has 3 heteroatoms. The molecule has 0 aliphatic heterocycles. The highest BCUT2D eigenvalue weighted by Gasteiger charge is 1.93. The molecule has 0 aromatic rings. The second kappa shape index (κ2) is 4.37. The average molecular weight is 136 g/mol. The first-order valence-corrected chi connectivity index (χ1v) is 4.30. The van der Waals surface area contributed by atoms with E-state index in [1.807, 2.05) is 12.7 Å². The summed E-state index contributed by atoms with van der Waals surface area (Å²) in [5.41, 5.74) is 1.92. The minimum atomic E-state index is -0.236. The molecule has 0 rings (SSSR count). The molecular formula is C4H10ClNSi. The van der Waals surface area contributed by atoms with E-state index in [2.05, 4.69) is 11.9 Å². The van der Waals surface area contributed by atoms with Gasteiger partial charge in [-0.15, -0.1) is 23.9 Å². The van der Waals surface area contributed by atoms with Crippen LogP contribution in [0.25, 0.3) is 0 Å². The van der Waals surface area contributed by atoms with Gasteiger partial charge in [-0.3, -0.25) is 0 Å². The summed E-state index contributed by atoms with van der Waals surface area (Å²) in [5, 5.41) is 3.11. The summed E-state index contributed by atoms with van der Waals surface area (Å²) < 4.78 is 0. The van der Waals surface area contributed by atoms with Crippen LogP contribution in [0.2, 0.25) is 0 Å². The van der Waals surface area contributed by atoms with Crippen LogP contribution in [0, 0.1) is 0 Å². The van der Waals surface area contributed by atoms with Crippen molar-refractivity contribution >= 4 is 21.1 Å². The van der Waals surface area contributed by atoms with Crippen molar-refractivity contribution in [1.29, 1.82) is 0 Å². The standard InChI is InChI=1S/C4H10ClNSi/c1-3-7-4(5)6-2/h3-4,6H,1,7H2,2H3. The van der Waals surface area contributed by atoms with Gasteiger partial charge < -0.3 is 5.32 Å². The molecule has 0 saturated heterocycles. The zero-order valence-corrected chi connectivity index (χ0v) is 6.62. The largest absolute Gasteiger partial charge is 0.307 e. The summed E-state index contributed by atoms with van der Waals surface area (Å²) in [6.07, 6.45) is 0.